The van der Waals surface area contributed by atoms with Crippen molar-refractivity contribution in [2.75, 3.05) is 24.3 Å². The van der Waals surface area contributed by atoms with Crippen molar-refractivity contribution in [1.82, 2.24) is 0 Å². The van der Waals surface area contributed by atoms with Crippen molar-refractivity contribution in [3.8, 4) is 0 Å². The lowest BCUT2D eigenvalue weighted by Gasteiger charge is -2.09. The molecule has 4 nitrogen and oxygen atoms in total. The number of carbonyl (C=O) groups excluding carboxylic acids is 1. The van der Waals surface area contributed by atoms with Crippen LogP contribution in [0.5, 0.6) is 0 Å². The van der Waals surface area contributed by atoms with Gasteiger partial charge in [0.15, 0.2) is 0 Å². The summed E-state index contributed by atoms with van der Waals surface area (Å²) in [4.78, 5) is 11.4. The first-order chi connectivity index (χ1) is 9.28. The second-order valence-corrected chi connectivity index (χ2v) is 4.01. The molecule has 0 unspecified atom stereocenters. The first kappa shape index (κ1) is 16.2. The molecule has 0 aliphatic heterocycles. The van der Waals surface area contributed by atoms with E-state index in [2.05, 4.69) is 5.32 Å². The molecule has 112 valence electrons. The lowest BCUT2D eigenvalue weighted by Crippen LogP contribution is -2.17. The number of nitrogens with one attached hydrogen (secondary N) is 1. The van der Waals surface area contributed by atoms with Crippen LogP contribution in [0.4, 0.5) is 28.9 Å². The number of nitrogens with two attached hydrogens (primary N) is 1. The van der Waals surface area contributed by atoms with E-state index < -0.39 is 30.9 Å². The van der Waals surface area contributed by atoms with E-state index in [9.17, 15) is 22.4 Å². The number of halogens is 4. The minimum absolute atomic E-state index is 0.0661. The van der Waals surface area contributed by atoms with Crippen molar-refractivity contribution in [3.63, 3.8) is 0 Å². The van der Waals surface area contributed by atoms with Crippen molar-refractivity contribution < 1.29 is 27.1 Å². The van der Waals surface area contributed by atoms with E-state index in [-0.39, 0.29) is 24.4 Å². The maximum Gasteiger partial charge on any atom is 0.391 e. The first-order valence-electron chi connectivity index (χ1n) is 5.77. The number of benzene rings is 1. The number of carbonyl (C=O) groups is 1. The number of amides is 1. The minimum Gasteiger partial charge on any atom is -0.397 e. The second-order valence-electron chi connectivity index (χ2n) is 4.01. The fourth-order valence-corrected chi connectivity index (χ4v) is 1.31. The van der Waals surface area contributed by atoms with Gasteiger partial charge in [0.05, 0.1) is 37.4 Å². The zero-order valence-corrected chi connectivity index (χ0v) is 10.5. The highest BCUT2D eigenvalue weighted by Crippen LogP contribution is 2.20. The average Bonchev–Trinajstić information content (AvgIpc) is 2.31. The van der Waals surface area contributed by atoms with Gasteiger partial charge >= 0.3 is 6.18 Å². The molecule has 1 amide bonds. The number of nitrogen functional groups attached to an aromatic ring is 1. The standard InChI is InChI=1S/C12H14F4N2O2/c13-8-1-2-10(9(17)7-8)18-11(19)3-5-20-6-4-12(14,15)16/h1-2,7H,3-6,17H2,(H,18,19). The summed E-state index contributed by atoms with van der Waals surface area (Å²) in [6, 6.07) is 3.48. The quantitative estimate of drug-likeness (QED) is 0.481. The second kappa shape index (κ2) is 7.09. The van der Waals surface area contributed by atoms with Crippen LogP contribution in [-0.2, 0) is 9.53 Å². The van der Waals surface area contributed by atoms with Crippen LogP contribution in [0.15, 0.2) is 18.2 Å². The maximum atomic E-state index is 12.8. The summed E-state index contributed by atoms with van der Waals surface area (Å²) < 4.78 is 52.9. The lowest BCUT2D eigenvalue weighted by atomic mass is 10.2. The monoisotopic (exact) mass is 294 g/mol. The molecule has 0 heterocycles. The average molecular weight is 294 g/mol. The first-order valence-corrected chi connectivity index (χ1v) is 5.77. The molecule has 0 saturated heterocycles. The molecular formula is C12H14F4N2O2. The summed E-state index contributed by atoms with van der Waals surface area (Å²) in [5.74, 6) is -1.01. The summed E-state index contributed by atoms with van der Waals surface area (Å²) in [5, 5.41) is 2.41. The van der Waals surface area contributed by atoms with E-state index in [0.717, 1.165) is 12.1 Å². The van der Waals surface area contributed by atoms with Crippen LogP contribution in [0.1, 0.15) is 12.8 Å². The van der Waals surface area contributed by atoms with Crippen LogP contribution in [0, 0.1) is 5.82 Å². The Balaban J connectivity index is 2.27. The Kier molecular flexibility index (Phi) is 5.75. The summed E-state index contributed by atoms with van der Waals surface area (Å²) in [6.07, 6.45) is -5.45. The van der Waals surface area contributed by atoms with Crippen LogP contribution >= 0.6 is 0 Å². The van der Waals surface area contributed by atoms with Crippen LogP contribution in [0.2, 0.25) is 0 Å². The highest BCUT2D eigenvalue weighted by atomic mass is 19.4. The predicted octanol–water partition coefficient (Wildman–Crippen LogP) is 2.71. The van der Waals surface area contributed by atoms with Gasteiger partial charge < -0.3 is 15.8 Å². The smallest absolute Gasteiger partial charge is 0.391 e. The third-order valence-electron chi connectivity index (χ3n) is 2.29. The van der Waals surface area contributed by atoms with E-state index in [1.54, 1.807) is 0 Å². The Labute approximate surface area is 112 Å². The Morgan fingerprint density at radius 3 is 2.60 bits per heavy atom. The number of anilines is 2. The molecule has 0 bridgehead atoms. The Morgan fingerprint density at radius 2 is 2.00 bits per heavy atom. The Bertz CT molecular complexity index is 463. The lowest BCUT2D eigenvalue weighted by molar-refractivity contribution is -0.145. The van der Waals surface area contributed by atoms with Gasteiger partial charge in [0.2, 0.25) is 5.91 Å². The molecule has 0 aliphatic carbocycles. The topological polar surface area (TPSA) is 64.3 Å². The van der Waals surface area contributed by atoms with Gasteiger partial charge in [-0.3, -0.25) is 4.79 Å². The molecule has 0 spiro atoms. The van der Waals surface area contributed by atoms with Gasteiger partial charge in [-0.1, -0.05) is 0 Å². The highest BCUT2D eigenvalue weighted by Gasteiger charge is 2.26. The number of alkyl halides is 3. The summed E-state index contributed by atoms with van der Waals surface area (Å²) in [6.45, 7) is -0.627. The van der Waals surface area contributed by atoms with Crippen molar-refractivity contribution >= 4 is 17.3 Å². The third kappa shape index (κ3) is 6.37. The van der Waals surface area contributed by atoms with Crippen molar-refractivity contribution in [1.29, 1.82) is 0 Å². The largest absolute Gasteiger partial charge is 0.397 e. The minimum atomic E-state index is -4.27. The molecule has 20 heavy (non-hydrogen) atoms. The molecule has 8 heteroatoms. The molecule has 0 fully saturated rings. The van der Waals surface area contributed by atoms with Gasteiger partial charge in [0, 0.05) is 0 Å². The van der Waals surface area contributed by atoms with Crippen molar-refractivity contribution in [2.45, 2.75) is 19.0 Å². The van der Waals surface area contributed by atoms with Crippen LogP contribution in [0.3, 0.4) is 0 Å². The zero-order valence-electron chi connectivity index (χ0n) is 10.5. The van der Waals surface area contributed by atoms with Gasteiger partial charge in [-0.15, -0.1) is 0 Å². The predicted molar refractivity (Wildman–Crippen MR) is 65.6 cm³/mol. The molecule has 0 aliphatic rings. The fourth-order valence-electron chi connectivity index (χ4n) is 1.31. The summed E-state index contributed by atoms with van der Waals surface area (Å²) >= 11 is 0. The number of hydrogen-bond acceptors (Lipinski definition) is 3. The van der Waals surface area contributed by atoms with Gasteiger partial charge in [-0.05, 0) is 18.2 Å². The number of hydrogen-bond donors (Lipinski definition) is 2. The normalized spacial score (nSPS) is 11.4. The maximum absolute atomic E-state index is 12.8. The molecule has 0 aromatic heterocycles. The zero-order chi connectivity index (χ0) is 15.2. The Hall–Kier alpha value is -1.83. The van der Waals surface area contributed by atoms with E-state index in [4.69, 9.17) is 10.5 Å². The van der Waals surface area contributed by atoms with Gasteiger partial charge in [-0.25, -0.2) is 4.39 Å². The Morgan fingerprint density at radius 1 is 1.30 bits per heavy atom. The molecule has 1 aromatic carbocycles. The van der Waals surface area contributed by atoms with E-state index in [1.165, 1.54) is 6.07 Å². The van der Waals surface area contributed by atoms with Crippen LogP contribution in [0.25, 0.3) is 0 Å². The molecular weight excluding hydrogens is 280 g/mol. The molecule has 3 N–H and O–H groups in total. The molecule has 0 atom stereocenters. The molecule has 1 aromatic rings. The molecule has 1 rings (SSSR count). The van der Waals surface area contributed by atoms with Crippen LogP contribution < -0.4 is 11.1 Å². The van der Waals surface area contributed by atoms with Crippen molar-refractivity contribution in [3.05, 3.63) is 24.0 Å². The number of ether oxygens (including phenoxy) is 1. The fraction of sp³-hybridized carbons (Fsp3) is 0.417. The summed E-state index contributed by atoms with van der Waals surface area (Å²) in [7, 11) is 0. The van der Waals surface area contributed by atoms with Crippen molar-refractivity contribution in [2.24, 2.45) is 0 Å². The van der Waals surface area contributed by atoms with E-state index in [0.29, 0.717) is 0 Å². The third-order valence-corrected chi connectivity index (χ3v) is 2.29. The molecule has 0 saturated carbocycles. The highest BCUT2D eigenvalue weighted by molar-refractivity contribution is 5.93. The molecule has 0 radical (unpaired) electrons. The number of rotatable bonds is 6. The van der Waals surface area contributed by atoms with Crippen LogP contribution in [-0.4, -0.2) is 25.3 Å². The summed E-state index contributed by atoms with van der Waals surface area (Å²) in [5.41, 5.74) is 5.79. The van der Waals surface area contributed by atoms with Gasteiger partial charge in [0.1, 0.15) is 5.82 Å². The van der Waals surface area contributed by atoms with Gasteiger partial charge in [0.25, 0.3) is 0 Å². The van der Waals surface area contributed by atoms with E-state index >= 15 is 0 Å². The van der Waals surface area contributed by atoms with Gasteiger partial charge in [-0.2, -0.15) is 13.2 Å². The van der Waals surface area contributed by atoms with E-state index in [1.807, 2.05) is 0 Å². The SMILES string of the molecule is Nc1cc(F)ccc1NC(=O)CCOCCC(F)(F)F.